The number of aromatic nitrogens is 2. The van der Waals surface area contributed by atoms with Crippen LogP contribution in [0.5, 0.6) is 0 Å². The van der Waals surface area contributed by atoms with Crippen LogP contribution in [0.2, 0.25) is 0 Å². The van der Waals surface area contributed by atoms with E-state index in [9.17, 15) is 4.79 Å². The largest absolute Gasteiger partial charge is 0.462 e. The molecule has 2 rings (SSSR count). The van der Waals surface area contributed by atoms with Crippen LogP contribution >= 0.6 is 0 Å². The average Bonchev–Trinajstić information content (AvgIpc) is 2.89. The standard InChI is InChI=1S/C13H20N2O4/c1-2-17-13(16)11-9-14-15(10-11)6-8-19-12-5-3-4-7-18-12/h9-10,12H,2-8H2,1H3. The second kappa shape index (κ2) is 7.25. The zero-order chi connectivity index (χ0) is 13.5. The highest BCUT2D eigenvalue weighted by molar-refractivity contribution is 5.88. The number of esters is 1. The first-order valence-corrected chi connectivity index (χ1v) is 6.72. The number of carbonyl (C=O) groups is 1. The van der Waals surface area contributed by atoms with E-state index in [4.69, 9.17) is 14.2 Å². The highest BCUT2D eigenvalue weighted by atomic mass is 16.7. The summed E-state index contributed by atoms with van der Waals surface area (Å²) >= 11 is 0. The molecule has 0 aliphatic carbocycles. The van der Waals surface area contributed by atoms with Gasteiger partial charge in [-0.1, -0.05) is 0 Å². The molecule has 6 nitrogen and oxygen atoms in total. The van der Waals surface area contributed by atoms with E-state index in [0.717, 1.165) is 25.9 Å². The minimum atomic E-state index is -0.342. The lowest BCUT2D eigenvalue weighted by atomic mass is 10.2. The third-order valence-corrected chi connectivity index (χ3v) is 2.91. The Morgan fingerprint density at radius 2 is 2.47 bits per heavy atom. The van der Waals surface area contributed by atoms with Crippen LogP contribution in [0.3, 0.4) is 0 Å². The van der Waals surface area contributed by atoms with E-state index >= 15 is 0 Å². The first-order valence-electron chi connectivity index (χ1n) is 6.72. The van der Waals surface area contributed by atoms with Gasteiger partial charge in [0.15, 0.2) is 6.29 Å². The second-order valence-electron chi connectivity index (χ2n) is 4.38. The fourth-order valence-corrected chi connectivity index (χ4v) is 1.93. The van der Waals surface area contributed by atoms with E-state index in [0.29, 0.717) is 25.3 Å². The Bertz CT molecular complexity index is 399. The van der Waals surface area contributed by atoms with E-state index < -0.39 is 0 Å². The van der Waals surface area contributed by atoms with Gasteiger partial charge in [-0.25, -0.2) is 4.79 Å². The molecule has 1 aliphatic heterocycles. The van der Waals surface area contributed by atoms with E-state index in [-0.39, 0.29) is 12.3 Å². The third kappa shape index (κ3) is 4.33. The monoisotopic (exact) mass is 268 g/mol. The fraction of sp³-hybridized carbons (Fsp3) is 0.692. The summed E-state index contributed by atoms with van der Waals surface area (Å²) in [5, 5.41) is 4.10. The van der Waals surface area contributed by atoms with Gasteiger partial charge in [0.05, 0.1) is 31.5 Å². The molecule has 0 bridgehead atoms. The summed E-state index contributed by atoms with van der Waals surface area (Å²) in [6.07, 6.45) is 6.31. The number of ether oxygens (including phenoxy) is 3. The maximum atomic E-state index is 11.5. The average molecular weight is 268 g/mol. The molecule has 1 saturated heterocycles. The van der Waals surface area contributed by atoms with Crippen LogP contribution in [0.1, 0.15) is 36.5 Å². The molecular weight excluding hydrogens is 248 g/mol. The summed E-state index contributed by atoms with van der Waals surface area (Å²) in [6, 6.07) is 0. The predicted molar refractivity (Wildman–Crippen MR) is 67.7 cm³/mol. The Hall–Kier alpha value is -1.40. The van der Waals surface area contributed by atoms with Crippen LogP contribution in [0.15, 0.2) is 12.4 Å². The third-order valence-electron chi connectivity index (χ3n) is 2.91. The SMILES string of the molecule is CCOC(=O)c1cnn(CCOC2CCCCO2)c1. The molecule has 0 amide bonds. The molecule has 19 heavy (non-hydrogen) atoms. The summed E-state index contributed by atoms with van der Waals surface area (Å²) < 4.78 is 17.6. The summed E-state index contributed by atoms with van der Waals surface area (Å²) in [6.45, 7) is 4.04. The van der Waals surface area contributed by atoms with Gasteiger partial charge in [-0.3, -0.25) is 4.68 Å². The molecule has 2 heterocycles. The van der Waals surface area contributed by atoms with Gasteiger partial charge in [0.1, 0.15) is 0 Å². The predicted octanol–water partition coefficient (Wildman–Crippen LogP) is 1.60. The Kier molecular flexibility index (Phi) is 5.35. The molecular formula is C13H20N2O4. The Morgan fingerprint density at radius 1 is 1.58 bits per heavy atom. The molecule has 1 aromatic heterocycles. The lowest BCUT2D eigenvalue weighted by molar-refractivity contribution is -0.163. The number of rotatable bonds is 6. The quantitative estimate of drug-likeness (QED) is 0.733. The minimum Gasteiger partial charge on any atom is -0.462 e. The molecule has 0 spiro atoms. The highest BCUT2D eigenvalue weighted by Crippen LogP contribution is 2.13. The van der Waals surface area contributed by atoms with Gasteiger partial charge >= 0.3 is 5.97 Å². The molecule has 0 N–H and O–H groups in total. The van der Waals surface area contributed by atoms with Gasteiger partial charge in [-0.05, 0) is 26.2 Å². The zero-order valence-corrected chi connectivity index (χ0v) is 11.2. The molecule has 1 aromatic rings. The summed E-state index contributed by atoms with van der Waals surface area (Å²) in [5.41, 5.74) is 0.468. The van der Waals surface area contributed by atoms with E-state index in [1.807, 2.05) is 0 Å². The normalized spacial score (nSPS) is 19.3. The molecule has 1 aliphatic rings. The number of hydrogen-bond acceptors (Lipinski definition) is 5. The maximum Gasteiger partial charge on any atom is 0.341 e. The maximum absolute atomic E-state index is 11.5. The van der Waals surface area contributed by atoms with Crippen molar-refractivity contribution in [2.75, 3.05) is 19.8 Å². The Labute approximate surface area is 112 Å². The van der Waals surface area contributed by atoms with Crippen molar-refractivity contribution in [3.05, 3.63) is 18.0 Å². The first-order chi connectivity index (χ1) is 9.29. The van der Waals surface area contributed by atoms with Gasteiger partial charge in [-0.2, -0.15) is 5.10 Å². The van der Waals surface area contributed by atoms with Crippen molar-refractivity contribution in [3.8, 4) is 0 Å². The van der Waals surface area contributed by atoms with Crippen LogP contribution < -0.4 is 0 Å². The van der Waals surface area contributed by atoms with E-state index in [2.05, 4.69) is 5.10 Å². The molecule has 6 heteroatoms. The van der Waals surface area contributed by atoms with Crippen molar-refractivity contribution in [2.24, 2.45) is 0 Å². The van der Waals surface area contributed by atoms with Crippen molar-refractivity contribution >= 4 is 5.97 Å². The van der Waals surface area contributed by atoms with Crippen LogP contribution in [0, 0.1) is 0 Å². The van der Waals surface area contributed by atoms with Gasteiger partial charge in [0, 0.05) is 12.8 Å². The molecule has 1 atom stereocenters. The Morgan fingerprint density at radius 3 is 3.21 bits per heavy atom. The van der Waals surface area contributed by atoms with Crippen LogP contribution in [-0.4, -0.2) is 41.9 Å². The molecule has 0 radical (unpaired) electrons. The summed E-state index contributed by atoms with van der Waals surface area (Å²) in [4.78, 5) is 11.5. The lowest BCUT2D eigenvalue weighted by Crippen LogP contribution is -2.24. The van der Waals surface area contributed by atoms with E-state index in [1.165, 1.54) is 6.20 Å². The lowest BCUT2D eigenvalue weighted by Gasteiger charge is -2.22. The first kappa shape index (κ1) is 14.0. The summed E-state index contributed by atoms with van der Waals surface area (Å²) in [5.74, 6) is -0.342. The van der Waals surface area contributed by atoms with E-state index in [1.54, 1.807) is 17.8 Å². The van der Waals surface area contributed by atoms with Crippen molar-refractivity contribution < 1.29 is 19.0 Å². The van der Waals surface area contributed by atoms with Gasteiger partial charge in [0.2, 0.25) is 0 Å². The van der Waals surface area contributed by atoms with Crippen molar-refractivity contribution in [1.29, 1.82) is 0 Å². The highest BCUT2D eigenvalue weighted by Gasteiger charge is 2.14. The van der Waals surface area contributed by atoms with Crippen LogP contribution in [0.4, 0.5) is 0 Å². The topological polar surface area (TPSA) is 62.6 Å². The number of hydrogen-bond donors (Lipinski definition) is 0. The number of nitrogens with zero attached hydrogens (tertiary/aromatic N) is 2. The molecule has 1 fully saturated rings. The van der Waals surface area contributed by atoms with Crippen molar-refractivity contribution in [3.63, 3.8) is 0 Å². The molecule has 0 aromatic carbocycles. The van der Waals surface area contributed by atoms with Gasteiger partial charge < -0.3 is 14.2 Å². The molecule has 0 saturated carbocycles. The van der Waals surface area contributed by atoms with Crippen LogP contribution in [0.25, 0.3) is 0 Å². The zero-order valence-electron chi connectivity index (χ0n) is 11.2. The summed E-state index contributed by atoms with van der Waals surface area (Å²) in [7, 11) is 0. The van der Waals surface area contributed by atoms with Crippen LogP contribution in [-0.2, 0) is 20.8 Å². The fourth-order valence-electron chi connectivity index (χ4n) is 1.93. The molecule has 1 unspecified atom stereocenters. The Balaban J connectivity index is 1.72. The van der Waals surface area contributed by atoms with Gasteiger partial charge in [-0.15, -0.1) is 0 Å². The minimum absolute atomic E-state index is 0.0890. The molecule has 106 valence electrons. The second-order valence-corrected chi connectivity index (χ2v) is 4.38. The van der Waals surface area contributed by atoms with Crippen molar-refractivity contribution in [1.82, 2.24) is 9.78 Å². The number of carbonyl (C=O) groups excluding carboxylic acids is 1. The van der Waals surface area contributed by atoms with Crippen molar-refractivity contribution in [2.45, 2.75) is 39.0 Å². The van der Waals surface area contributed by atoms with Gasteiger partial charge in [0.25, 0.3) is 0 Å². The smallest absolute Gasteiger partial charge is 0.341 e.